The number of carboxylic acid groups (broad SMARTS) is 2. The van der Waals surface area contributed by atoms with Crippen LogP contribution in [-0.2, 0) is 9.59 Å². The average Bonchev–Trinajstić information content (AvgIpc) is 3.31. The van der Waals surface area contributed by atoms with Crippen molar-refractivity contribution in [3.63, 3.8) is 0 Å². The van der Waals surface area contributed by atoms with Gasteiger partial charge in [-0.1, -0.05) is 18.2 Å². The number of para-hydroxylation sites is 1. The van der Waals surface area contributed by atoms with Crippen molar-refractivity contribution in [3.05, 3.63) is 48.7 Å². The maximum Gasteiger partial charge on any atom is 0.328 e. The molecular formula is C20H23N3O4. The predicted octanol–water partition coefficient (Wildman–Crippen LogP) is 2.13. The summed E-state index contributed by atoms with van der Waals surface area (Å²) in [6.07, 6.45) is 5.86. The lowest BCUT2D eigenvalue weighted by Crippen LogP contribution is -2.39. The molecular weight excluding hydrogens is 346 g/mol. The highest BCUT2D eigenvalue weighted by Gasteiger charge is 2.51. The lowest BCUT2D eigenvalue weighted by atomic mass is 10.1. The summed E-state index contributed by atoms with van der Waals surface area (Å²) >= 11 is 0. The molecule has 3 atom stereocenters. The Morgan fingerprint density at radius 1 is 1.22 bits per heavy atom. The van der Waals surface area contributed by atoms with E-state index in [4.69, 9.17) is 10.2 Å². The van der Waals surface area contributed by atoms with Crippen LogP contribution >= 0.6 is 0 Å². The average molecular weight is 369 g/mol. The molecule has 0 amide bonds. The highest BCUT2D eigenvalue weighted by atomic mass is 16.4. The molecule has 27 heavy (non-hydrogen) atoms. The molecule has 1 aliphatic heterocycles. The molecule has 1 saturated carbocycles. The maximum atomic E-state index is 9.55. The number of piperidine rings is 1. The first-order chi connectivity index (χ1) is 13.0. The summed E-state index contributed by atoms with van der Waals surface area (Å²) in [6.45, 7) is 1.07. The Bertz CT molecular complexity index is 851. The summed E-state index contributed by atoms with van der Waals surface area (Å²) in [4.78, 5) is 26.3. The van der Waals surface area contributed by atoms with Gasteiger partial charge in [-0.2, -0.15) is 0 Å². The van der Waals surface area contributed by atoms with E-state index in [0.29, 0.717) is 18.2 Å². The Labute approximate surface area is 157 Å². The molecule has 2 heterocycles. The molecule has 2 aromatic rings. The molecule has 3 N–H and O–H groups in total. The molecule has 4 rings (SSSR count). The Morgan fingerprint density at radius 3 is 2.59 bits per heavy atom. The van der Waals surface area contributed by atoms with Crippen LogP contribution in [0.4, 0.5) is 5.69 Å². The number of carboxylic acids is 2. The van der Waals surface area contributed by atoms with Crippen LogP contribution in [0.25, 0.3) is 10.9 Å². The number of fused-ring (bicyclic) bond motifs is 2. The Balaban J connectivity index is 0.000000226. The van der Waals surface area contributed by atoms with Gasteiger partial charge < -0.3 is 20.4 Å². The van der Waals surface area contributed by atoms with Gasteiger partial charge in [-0.15, -0.1) is 0 Å². The Kier molecular flexibility index (Phi) is 5.71. The van der Waals surface area contributed by atoms with Crippen molar-refractivity contribution in [2.75, 3.05) is 18.5 Å². The number of carbonyl (C=O) groups is 2. The molecule has 142 valence electrons. The molecule has 1 saturated heterocycles. The Morgan fingerprint density at radius 2 is 1.93 bits per heavy atom. The van der Waals surface area contributed by atoms with Gasteiger partial charge in [0, 0.05) is 36.2 Å². The van der Waals surface area contributed by atoms with Crippen LogP contribution in [-0.4, -0.2) is 52.8 Å². The fourth-order valence-electron chi connectivity index (χ4n) is 3.72. The van der Waals surface area contributed by atoms with Crippen molar-refractivity contribution in [1.29, 1.82) is 0 Å². The first kappa shape index (κ1) is 18.8. The van der Waals surface area contributed by atoms with Gasteiger partial charge in [-0.25, -0.2) is 9.59 Å². The zero-order valence-electron chi connectivity index (χ0n) is 15.1. The van der Waals surface area contributed by atoms with Crippen LogP contribution in [0.2, 0.25) is 0 Å². The van der Waals surface area contributed by atoms with E-state index in [0.717, 1.165) is 24.0 Å². The molecule has 1 aliphatic carbocycles. The van der Waals surface area contributed by atoms with Crippen molar-refractivity contribution in [3.8, 4) is 0 Å². The highest BCUT2D eigenvalue weighted by molar-refractivity contribution is 5.89. The fraction of sp³-hybridized carbons (Fsp3) is 0.350. The molecule has 0 bridgehead atoms. The second-order valence-electron chi connectivity index (χ2n) is 6.81. The van der Waals surface area contributed by atoms with Gasteiger partial charge in [-0.3, -0.25) is 4.98 Å². The minimum absolute atomic E-state index is 0.558. The number of hydrogen-bond acceptors (Lipinski definition) is 5. The van der Waals surface area contributed by atoms with Crippen LogP contribution in [0.1, 0.15) is 12.8 Å². The molecule has 7 heteroatoms. The number of aromatic nitrogens is 1. The monoisotopic (exact) mass is 369 g/mol. The highest BCUT2D eigenvalue weighted by Crippen LogP contribution is 2.49. The topological polar surface area (TPSA) is 103 Å². The summed E-state index contributed by atoms with van der Waals surface area (Å²) in [6, 6.07) is 12.1. The third kappa shape index (κ3) is 4.62. The number of aliphatic carboxylic acids is 2. The van der Waals surface area contributed by atoms with Gasteiger partial charge in [0.05, 0.1) is 17.4 Å². The van der Waals surface area contributed by atoms with E-state index in [1.165, 1.54) is 23.9 Å². The number of rotatable bonds is 5. The molecule has 0 spiro atoms. The summed E-state index contributed by atoms with van der Waals surface area (Å²) in [5.74, 6) is -1.59. The van der Waals surface area contributed by atoms with E-state index in [1.54, 1.807) is 0 Å². The summed E-state index contributed by atoms with van der Waals surface area (Å²) in [7, 11) is 2.04. The molecule has 0 radical (unpaired) electrons. The number of pyridine rings is 1. The molecule has 7 nitrogen and oxygen atoms in total. The van der Waals surface area contributed by atoms with Crippen molar-refractivity contribution < 1.29 is 19.8 Å². The van der Waals surface area contributed by atoms with Gasteiger partial charge in [-0.05, 0) is 37.9 Å². The van der Waals surface area contributed by atoms with Gasteiger partial charge in [0.25, 0.3) is 0 Å². The van der Waals surface area contributed by atoms with Gasteiger partial charge in [0.1, 0.15) is 0 Å². The van der Waals surface area contributed by atoms with Crippen molar-refractivity contribution in [2.24, 2.45) is 5.92 Å². The standard InChI is InChI=1S/C16H19N3.C4H4O4/c1-17-9-13-7-12-8-16(12)19(13)14-6-11-4-2-3-5-15(11)18-10-14;5-3(6)1-2-4(7)8/h2-6,10,12-13,16-17H,7-9H2,1H3;1-2H,(H,5,6)(H,7,8)/b;2-1+. The smallest absolute Gasteiger partial charge is 0.328 e. The summed E-state index contributed by atoms with van der Waals surface area (Å²) < 4.78 is 0. The number of nitrogens with one attached hydrogen (secondary N) is 1. The molecule has 2 aliphatic rings. The zero-order valence-corrected chi connectivity index (χ0v) is 15.1. The van der Waals surface area contributed by atoms with Crippen LogP contribution in [0.3, 0.4) is 0 Å². The van der Waals surface area contributed by atoms with Crippen LogP contribution < -0.4 is 10.2 Å². The molecule has 1 aromatic heterocycles. The van der Waals surface area contributed by atoms with E-state index in [-0.39, 0.29) is 0 Å². The van der Waals surface area contributed by atoms with Crippen LogP contribution in [0.5, 0.6) is 0 Å². The van der Waals surface area contributed by atoms with Gasteiger partial charge >= 0.3 is 11.9 Å². The minimum Gasteiger partial charge on any atom is -0.478 e. The molecule has 3 unspecified atom stereocenters. The normalized spacial score (nSPS) is 23.0. The molecule has 2 fully saturated rings. The van der Waals surface area contributed by atoms with E-state index in [2.05, 4.69) is 39.5 Å². The summed E-state index contributed by atoms with van der Waals surface area (Å²) in [5, 5.41) is 20.2. The zero-order chi connectivity index (χ0) is 19.4. The number of likely N-dealkylation sites (N-methyl/N-ethyl adjacent to an activating group) is 1. The largest absolute Gasteiger partial charge is 0.478 e. The molecule has 1 aromatic carbocycles. The van der Waals surface area contributed by atoms with Crippen LogP contribution in [0, 0.1) is 5.92 Å². The van der Waals surface area contributed by atoms with Gasteiger partial charge in [0.2, 0.25) is 0 Å². The Hall–Kier alpha value is -2.93. The number of hydrogen-bond donors (Lipinski definition) is 3. The van der Waals surface area contributed by atoms with Crippen molar-refractivity contribution in [1.82, 2.24) is 10.3 Å². The number of anilines is 1. The SMILES string of the molecule is CNCC1CC2CC2N1c1cnc2ccccc2c1.O=C(O)/C=C/C(=O)O. The van der Waals surface area contributed by atoms with Crippen LogP contribution in [0.15, 0.2) is 48.7 Å². The third-order valence-corrected chi connectivity index (χ3v) is 4.89. The van der Waals surface area contributed by atoms with Crippen molar-refractivity contribution >= 4 is 28.5 Å². The summed E-state index contributed by atoms with van der Waals surface area (Å²) in [5.41, 5.74) is 2.38. The fourth-order valence-corrected chi connectivity index (χ4v) is 3.72. The predicted molar refractivity (Wildman–Crippen MR) is 103 cm³/mol. The second kappa shape index (κ2) is 8.18. The second-order valence-corrected chi connectivity index (χ2v) is 6.81. The third-order valence-electron chi connectivity index (χ3n) is 4.89. The maximum absolute atomic E-state index is 9.55. The van der Waals surface area contributed by atoms with E-state index in [1.807, 2.05) is 19.3 Å². The number of nitrogens with zero attached hydrogens (tertiary/aromatic N) is 2. The first-order valence-corrected chi connectivity index (χ1v) is 8.91. The quantitative estimate of drug-likeness (QED) is 0.694. The van der Waals surface area contributed by atoms with Crippen molar-refractivity contribution in [2.45, 2.75) is 24.9 Å². The van der Waals surface area contributed by atoms with E-state index < -0.39 is 11.9 Å². The minimum atomic E-state index is -1.26. The van der Waals surface area contributed by atoms with Gasteiger partial charge in [0.15, 0.2) is 0 Å². The number of benzene rings is 1. The van der Waals surface area contributed by atoms with E-state index >= 15 is 0 Å². The lowest BCUT2D eigenvalue weighted by molar-refractivity contribution is -0.134. The van der Waals surface area contributed by atoms with E-state index in [9.17, 15) is 9.59 Å². The first-order valence-electron chi connectivity index (χ1n) is 8.91. The lowest BCUT2D eigenvalue weighted by Gasteiger charge is -2.29.